The molecule has 8 heteroatoms. The van der Waals surface area contributed by atoms with Gasteiger partial charge in [-0.05, 0) is 65.2 Å². The maximum Gasteiger partial charge on any atom is 0.334 e. The van der Waals surface area contributed by atoms with E-state index in [4.69, 9.17) is 19.4 Å². The van der Waals surface area contributed by atoms with Gasteiger partial charge in [-0.2, -0.15) is 15.2 Å². The van der Waals surface area contributed by atoms with E-state index in [0.29, 0.717) is 39.0 Å². The van der Waals surface area contributed by atoms with Gasteiger partial charge in [0.2, 0.25) is 0 Å². The number of rotatable bonds is 14. The van der Waals surface area contributed by atoms with Gasteiger partial charge in [-0.15, -0.1) is 0 Å². The maximum absolute atomic E-state index is 14.1. The van der Waals surface area contributed by atoms with E-state index in [9.17, 15) is 14.4 Å². The van der Waals surface area contributed by atoms with E-state index < -0.39 is 23.7 Å². The minimum absolute atomic E-state index is 0.0394. The van der Waals surface area contributed by atoms with Crippen LogP contribution in [-0.2, 0) is 22.4 Å². The number of hydrogen-bond acceptors (Lipinski definition) is 7. The largest absolute Gasteiger partial charge is 0.463 e. The Bertz CT molecular complexity index is 1040. The van der Waals surface area contributed by atoms with Crippen LogP contribution in [0.25, 0.3) is 0 Å². The number of esters is 1. The van der Waals surface area contributed by atoms with Crippen LogP contribution in [0.15, 0.2) is 24.3 Å². The summed E-state index contributed by atoms with van der Waals surface area (Å²) in [6, 6.07) is 2.49. The fourth-order valence-electron chi connectivity index (χ4n) is 5.01. The Hall–Kier alpha value is -2.95. The van der Waals surface area contributed by atoms with Crippen molar-refractivity contribution in [1.29, 1.82) is 5.26 Å². The average molecular weight is 543 g/mol. The molecule has 1 heterocycles. The summed E-state index contributed by atoms with van der Waals surface area (Å²) in [6.07, 6.45) is 4.12. The van der Waals surface area contributed by atoms with Crippen LogP contribution in [0.5, 0.6) is 6.01 Å². The van der Waals surface area contributed by atoms with E-state index in [1.165, 1.54) is 0 Å². The number of halogens is 1. The molecule has 0 bridgehead atoms. The Kier molecular flexibility index (Phi) is 12.4. The molecule has 0 N–H and O–H groups in total. The highest BCUT2D eigenvalue weighted by Gasteiger charge is 2.29. The van der Waals surface area contributed by atoms with Gasteiger partial charge < -0.3 is 14.4 Å². The molecular formula is C31H47FN4O3. The molecule has 0 aromatic carbocycles. The van der Waals surface area contributed by atoms with Gasteiger partial charge in [-0.1, -0.05) is 45.9 Å². The number of allylic oxidation sites excluding steroid dienone is 1. The lowest BCUT2D eigenvalue weighted by Crippen LogP contribution is -2.35. The summed E-state index contributed by atoms with van der Waals surface area (Å²) in [5, 5.41) is 9.57. The number of aromatic nitrogens is 2. The first-order chi connectivity index (χ1) is 18.4. The molecule has 0 saturated heterocycles. The Labute approximate surface area is 234 Å². The van der Waals surface area contributed by atoms with Crippen molar-refractivity contribution in [1.82, 2.24) is 9.97 Å². The fraction of sp³-hybridized carbons (Fsp3) is 0.677. The van der Waals surface area contributed by atoms with E-state index >= 15 is 0 Å². The van der Waals surface area contributed by atoms with E-state index in [2.05, 4.69) is 44.9 Å². The molecule has 0 spiro atoms. The first-order valence-electron chi connectivity index (χ1n) is 14.3. The number of nitriles is 1. The summed E-state index contributed by atoms with van der Waals surface area (Å²) in [5.41, 5.74) is 2.51. The Morgan fingerprint density at radius 3 is 2.51 bits per heavy atom. The molecule has 2 rings (SSSR count). The summed E-state index contributed by atoms with van der Waals surface area (Å²) in [7, 11) is 0. The molecule has 1 aromatic rings. The molecular weight excluding hydrogens is 495 g/mol. The number of anilines is 1. The zero-order valence-electron chi connectivity index (χ0n) is 24.8. The first-order valence-corrected chi connectivity index (χ1v) is 14.3. The van der Waals surface area contributed by atoms with Crippen LogP contribution in [0.1, 0.15) is 91.3 Å². The maximum atomic E-state index is 14.1. The highest BCUT2D eigenvalue weighted by molar-refractivity contribution is 5.88. The molecule has 1 saturated carbocycles. The van der Waals surface area contributed by atoms with Crippen molar-refractivity contribution in [3.63, 3.8) is 0 Å². The average Bonchev–Trinajstić information content (AvgIpc) is 2.85. The molecule has 39 heavy (non-hydrogen) atoms. The van der Waals surface area contributed by atoms with E-state index in [1.807, 2.05) is 20.8 Å². The molecule has 1 fully saturated rings. The lowest BCUT2D eigenvalue weighted by Gasteiger charge is -2.31. The second-order valence-electron chi connectivity index (χ2n) is 11.6. The monoisotopic (exact) mass is 542 g/mol. The number of carbonyl (C=O) groups excluding carboxylic acids is 1. The second-order valence-corrected chi connectivity index (χ2v) is 11.6. The first kappa shape index (κ1) is 32.3. The van der Waals surface area contributed by atoms with Crippen LogP contribution >= 0.6 is 0 Å². The highest BCUT2D eigenvalue weighted by atomic mass is 19.1. The molecule has 0 amide bonds. The third kappa shape index (κ3) is 9.94. The van der Waals surface area contributed by atoms with Gasteiger partial charge in [0.1, 0.15) is 17.6 Å². The van der Waals surface area contributed by atoms with E-state index in [1.54, 1.807) is 0 Å². The normalized spacial score (nSPS) is 18.3. The van der Waals surface area contributed by atoms with Crippen LogP contribution in [0.3, 0.4) is 0 Å². The molecule has 0 aliphatic heterocycles. The van der Waals surface area contributed by atoms with Gasteiger partial charge in [0.05, 0.1) is 18.4 Å². The zero-order chi connectivity index (χ0) is 29.2. The van der Waals surface area contributed by atoms with Crippen LogP contribution in [0.2, 0.25) is 0 Å². The lowest BCUT2D eigenvalue weighted by molar-refractivity contribution is -0.150. The number of nitrogens with zero attached hydrogens (tertiary/aromatic N) is 4. The van der Waals surface area contributed by atoms with Crippen LogP contribution in [0, 0.1) is 23.2 Å². The predicted molar refractivity (Wildman–Crippen MR) is 153 cm³/mol. The second kappa shape index (κ2) is 15.0. The van der Waals surface area contributed by atoms with Gasteiger partial charge in [-0.25, -0.2) is 9.18 Å². The minimum atomic E-state index is -0.885. The molecule has 1 aliphatic rings. The molecule has 1 aliphatic carbocycles. The topological polar surface area (TPSA) is 88.3 Å². The third-order valence-corrected chi connectivity index (χ3v) is 6.74. The quantitative estimate of drug-likeness (QED) is 0.147. The lowest BCUT2D eigenvalue weighted by atomic mass is 9.86. The summed E-state index contributed by atoms with van der Waals surface area (Å²) in [4.78, 5) is 24.5. The van der Waals surface area contributed by atoms with Crippen molar-refractivity contribution in [2.75, 3.05) is 24.6 Å². The summed E-state index contributed by atoms with van der Waals surface area (Å²) in [5.74, 6) is -0.117. The third-order valence-electron chi connectivity index (χ3n) is 6.74. The van der Waals surface area contributed by atoms with Crippen molar-refractivity contribution in [3.8, 4) is 12.1 Å². The fourth-order valence-corrected chi connectivity index (χ4v) is 5.01. The summed E-state index contributed by atoms with van der Waals surface area (Å²) < 4.78 is 25.7. The minimum Gasteiger partial charge on any atom is -0.463 e. The van der Waals surface area contributed by atoms with Crippen molar-refractivity contribution in [2.45, 2.75) is 105 Å². The van der Waals surface area contributed by atoms with Crippen molar-refractivity contribution < 1.29 is 18.7 Å². The summed E-state index contributed by atoms with van der Waals surface area (Å²) >= 11 is 0. The van der Waals surface area contributed by atoms with Crippen LogP contribution in [0.4, 0.5) is 10.2 Å². The molecule has 3 atom stereocenters. The molecule has 7 nitrogen and oxygen atoms in total. The summed E-state index contributed by atoms with van der Waals surface area (Å²) in [6.45, 7) is 21.1. The van der Waals surface area contributed by atoms with Gasteiger partial charge >= 0.3 is 12.0 Å². The number of alkyl halides is 1. The number of hydrogen-bond donors (Lipinski definition) is 0. The predicted octanol–water partition coefficient (Wildman–Crippen LogP) is 6.71. The van der Waals surface area contributed by atoms with Gasteiger partial charge in [0, 0.05) is 36.6 Å². The standard InChI is InChI=1S/C31H47FN4O3/c1-9-12-26-27(11-3)34-30(38-20-23-16-21(4)17-25(32)18-23)35-28(26)36(15-10-2)19-24(13-14-33)22(5)29(37)39-31(6,7)8/h23-25H,4-5,9-13,15-20H2,1-3,6-8H3/t23-,24-,25-/m0/s1. The highest BCUT2D eigenvalue weighted by Crippen LogP contribution is 2.32. The number of ether oxygens (including phenoxy) is 2. The van der Waals surface area contributed by atoms with Crippen LogP contribution < -0.4 is 9.64 Å². The number of carbonyl (C=O) groups is 1. The van der Waals surface area contributed by atoms with Gasteiger partial charge in [0.25, 0.3) is 0 Å². The van der Waals surface area contributed by atoms with E-state index in [-0.39, 0.29) is 23.9 Å². The van der Waals surface area contributed by atoms with Gasteiger partial charge in [-0.3, -0.25) is 0 Å². The number of aryl methyl sites for hydroxylation is 1. The Morgan fingerprint density at radius 2 is 1.95 bits per heavy atom. The smallest absolute Gasteiger partial charge is 0.334 e. The zero-order valence-corrected chi connectivity index (χ0v) is 24.8. The van der Waals surface area contributed by atoms with Crippen molar-refractivity contribution >= 4 is 11.8 Å². The molecule has 0 unspecified atom stereocenters. The van der Waals surface area contributed by atoms with Crippen molar-refractivity contribution in [3.05, 3.63) is 35.6 Å². The SMILES string of the molecule is C=C1C[C@H](F)C[C@@H](COc2nc(CC)c(CCC)c(N(CCC)C[C@H](CC#N)C(=C)C(=O)OC(C)(C)C)n2)C1. The van der Waals surface area contributed by atoms with Crippen molar-refractivity contribution in [2.24, 2.45) is 11.8 Å². The van der Waals surface area contributed by atoms with Gasteiger partial charge in [0.15, 0.2) is 0 Å². The molecule has 1 aromatic heterocycles. The van der Waals surface area contributed by atoms with Crippen LogP contribution in [-0.4, -0.2) is 47.4 Å². The molecule has 0 radical (unpaired) electrons. The Balaban J connectivity index is 2.41. The molecule has 216 valence electrons. The van der Waals surface area contributed by atoms with E-state index in [0.717, 1.165) is 48.3 Å². The Morgan fingerprint density at radius 1 is 1.23 bits per heavy atom.